The molecule has 0 unspecified atom stereocenters. The van der Waals surface area contributed by atoms with Crippen molar-refractivity contribution in [3.63, 3.8) is 0 Å². The van der Waals surface area contributed by atoms with Gasteiger partial charge in [-0.15, -0.1) is 11.3 Å². The quantitative estimate of drug-likeness (QED) is 0.753. The molecule has 0 spiro atoms. The molecule has 0 aliphatic rings. The van der Waals surface area contributed by atoms with Gasteiger partial charge in [0.25, 0.3) is 0 Å². The van der Waals surface area contributed by atoms with Crippen LogP contribution in [0.15, 0.2) is 29.6 Å². The van der Waals surface area contributed by atoms with Gasteiger partial charge in [-0.2, -0.15) is 0 Å². The summed E-state index contributed by atoms with van der Waals surface area (Å²) in [5.41, 5.74) is 4.37. The first-order valence-electron chi connectivity index (χ1n) is 5.37. The largest absolute Gasteiger partial charge is 0.465 e. The van der Waals surface area contributed by atoms with Crippen molar-refractivity contribution in [2.45, 2.75) is 13.8 Å². The molecule has 0 aliphatic carbocycles. The molecule has 1 aromatic heterocycles. The maximum Gasteiger partial charge on any atom is 0.348 e. The number of esters is 1. The molecule has 0 atom stereocenters. The average Bonchev–Trinajstić information content (AvgIpc) is 2.71. The fraction of sp³-hybridized carbons (Fsp3) is 0.214. The SMILES string of the molecule is COC(=O)c1scc(C)c1-c1ccc(C)cc1. The van der Waals surface area contributed by atoms with Gasteiger partial charge in [0.05, 0.1) is 7.11 Å². The van der Waals surface area contributed by atoms with Crippen LogP contribution in [0.25, 0.3) is 11.1 Å². The molecule has 2 nitrogen and oxygen atoms in total. The van der Waals surface area contributed by atoms with Gasteiger partial charge in [-0.05, 0) is 30.4 Å². The minimum absolute atomic E-state index is 0.265. The van der Waals surface area contributed by atoms with Gasteiger partial charge >= 0.3 is 5.97 Å². The number of hydrogen-bond donors (Lipinski definition) is 0. The molecule has 88 valence electrons. The van der Waals surface area contributed by atoms with Crippen LogP contribution in [-0.4, -0.2) is 13.1 Å². The summed E-state index contributed by atoms with van der Waals surface area (Å²) in [6, 6.07) is 8.18. The number of rotatable bonds is 2. The summed E-state index contributed by atoms with van der Waals surface area (Å²) >= 11 is 1.43. The van der Waals surface area contributed by atoms with Crippen molar-refractivity contribution >= 4 is 17.3 Å². The highest BCUT2D eigenvalue weighted by Gasteiger charge is 2.17. The van der Waals surface area contributed by atoms with E-state index in [4.69, 9.17) is 4.74 Å². The second-order valence-electron chi connectivity index (χ2n) is 3.98. The summed E-state index contributed by atoms with van der Waals surface area (Å²) < 4.78 is 4.81. The summed E-state index contributed by atoms with van der Waals surface area (Å²) in [5.74, 6) is -0.265. The van der Waals surface area contributed by atoms with E-state index in [-0.39, 0.29) is 5.97 Å². The van der Waals surface area contributed by atoms with Gasteiger partial charge < -0.3 is 4.74 Å². The first-order chi connectivity index (χ1) is 8.13. The second-order valence-corrected chi connectivity index (χ2v) is 4.86. The average molecular weight is 246 g/mol. The van der Waals surface area contributed by atoms with Crippen molar-refractivity contribution in [2.75, 3.05) is 7.11 Å². The summed E-state index contributed by atoms with van der Waals surface area (Å²) in [6.07, 6.45) is 0. The predicted molar refractivity (Wildman–Crippen MR) is 70.6 cm³/mol. The van der Waals surface area contributed by atoms with Crippen LogP contribution in [-0.2, 0) is 4.74 Å². The Morgan fingerprint density at radius 1 is 1.18 bits per heavy atom. The third-order valence-corrected chi connectivity index (χ3v) is 3.76. The zero-order chi connectivity index (χ0) is 12.4. The minimum Gasteiger partial charge on any atom is -0.465 e. The summed E-state index contributed by atoms with van der Waals surface area (Å²) in [4.78, 5) is 12.4. The number of aryl methyl sites for hydroxylation is 2. The smallest absolute Gasteiger partial charge is 0.348 e. The van der Waals surface area contributed by atoms with Crippen molar-refractivity contribution in [2.24, 2.45) is 0 Å². The lowest BCUT2D eigenvalue weighted by atomic mass is 10.0. The van der Waals surface area contributed by atoms with Gasteiger partial charge in [0.2, 0.25) is 0 Å². The topological polar surface area (TPSA) is 26.3 Å². The molecule has 0 saturated carbocycles. The highest BCUT2D eigenvalue weighted by atomic mass is 32.1. The Morgan fingerprint density at radius 2 is 1.82 bits per heavy atom. The molecule has 1 aromatic carbocycles. The molecule has 3 heteroatoms. The van der Waals surface area contributed by atoms with Crippen molar-refractivity contribution < 1.29 is 9.53 Å². The minimum atomic E-state index is -0.265. The first-order valence-corrected chi connectivity index (χ1v) is 6.25. The van der Waals surface area contributed by atoms with Gasteiger partial charge in [0.15, 0.2) is 0 Å². The van der Waals surface area contributed by atoms with E-state index in [9.17, 15) is 4.79 Å². The van der Waals surface area contributed by atoms with E-state index in [1.54, 1.807) is 0 Å². The number of carbonyl (C=O) groups is 1. The molecular formula is C14H14O2S. The molecule has 1 heterocycles. The number of methoxy groups -OCH3 is 1. The van der Waals surface area contributed by atoms with E-state index >= 15 is 0 Å². The molecule has 0 bridgehead atoms. The standard InChI is InChI=1S/C14H14O2S/c1-9-4-6-11(7-5-9)12-10(2)8-17-13(12)14(15)16-3/h4-8H,1-3H3. The number of hydrogen-bond acceptors (Lipinski definition) is 3. The second kappa shape index (κ2) is 4.72. The van der Waals surface area contributed by atoms with E-state index in [2.05, 4.69) is 0 Å². The maximum atomic E-state index is 11.7. The lowest BCUT2D eigenvalue weighted by molar-refractivity contribution is 0.0607. The Bertz CT molecular complexity index is 538. The van der Waals surface area contributed by atoms with E-state index in [1.165, 1.54) is 24.0 Å². The number of thiophene rings is 1. The van der Waals surface area contributed by atoms with Gasteiger partial charge in [0.1, 0.15) is 4.88 Å². The van der Waals surface area contributed by atoms with Crippen molar-refractivity contribution in [3.05, 3.63) is 45.6 Å². The normalized spacial score (nSPS) is 10.3. The Balaban J connectivity index is 2.54. The van der Waals surface area contributed by atoms with Gasteiger partial charge in [0, 0.05) is 5.56 Å². The fourth-order valence-corrected chi connectivity index (χ4v) is 2.75. The molecule has 17 heavy (non-hydrogen) atoms. The maximum absolute atomic E-state index is 11.7. The van der Waals surface area contributed by atoms with Crippen LogP contribution in [0.4, 0.5) is 0 Å². The van der Waals surface area contributed by atoms with Crippen LogP contribution in [0.2, 0.25) is 0 Å². The van der Waals surface area contributed by atoms with Crippen LogP contribution in [0.1, 0.15) is 20.8 Å². The van der Waals surface area contributed by atoms with E-state index in [0.717, 1.165) is 16.7 Å². The highest BCUT2D eigenvalue weighted by molar-refractivity contribution is 7.12. The number of ether oxygens (including phenoxy) is 1. The Kier molecular flexibility index (Phi) is 3.29. The fourth-order valence-electron chi connectivity index (χ4n) is 1.77. The Labute approximate surface area is 105 Å². The monoisotopic (exact) mass is 246 g/mol. The van der Waals surface area contributed by atoms with Gasteiger partial charge in [-0.1, -0.05) is 29.8 Å². The summed E-state index contributed by atoms with van der Waals surface area (Å²) in [5, 5.41) is 1.99. The van der Waals surface area contributed by atoms with Crippen LogP contribution < -0.4 is 0 Å². The van der Waals surface area contributed by atoms with E-state index in [1.807, 2.05) is 43.5 Å². The molecule has 0 radical (unpaired) electrons. The van der Waals surface area contributed by atoms with Crippen LogP contribution in [0.5, 0.6) is 0 Å². The molecule has 2 aromatic rings. The third kappa shape index (κ3) is 2.24. The summed E-state index contributed by atoms with van der Waals surface area (Å²) in [6.45, 7) is 4.06. The molecule has 0 N–H and O–H groups in total. The van der Waals surface area contributed by atoms with Crippen LogP contribution >= 0.6 is 11.3 Å². The molecule has 0 aliphatic heterocycles. The van der Waals surface area contributed by atoms with Gasteiger partial charge in [-0.3, -0.25) is 0 Å². The van der Waals surface area contributed by atoms with E-state index in [0.29, 0.717) is 4.88 Å². The number of carbonyl (C=O) groups excluding carboxylic acids is 1. The third-order valence-electron chi connectivity index (χ3n) is 2.69. The van der Waals surface area contributed by atoms with E-state index < -0.39 is 0 Å². The molecule has 0 saturated heterocycles. The van der Waals surface area contributed by atoms with Crippen molar-refractivity contribution in [1.29, 1.82) is 0 Å². The first kappa shape index (κ1) is 11.9. The molecule has 2 rings (SSSR count). The lowest BCUT2D eigenvalue weighted by Gasteiger charge is -2.05. The van der Waals surface area contributed by atoms with Crippen LogP contribution in [0, 0.1) is 13.8 Å². The zero-order valence-corrected chi connectivity index (χ0v) is 10.9. The zero-order valence-electron chi connectivity index (χ0n) is 10.1. The molecule has 0 fully saturated rings. The lowest BCUT2D eigenvalue weighted by Crippen LogP contribution is -2.00. The highest BCUT2D eigenvalue weighted by Crippen LogP contribution is 2.33. The summed E-state index contributed by atoms with van der Waals surface area (Å²) in [7, 11) is 1.41. The number of benzene rings is 1. The molecular weight excluding hydrogens is 232 g/mol. The van der Waals surface area contributed by atoms with Gasteiger partial charge in [-0.25, -0.2) is 4.79 Å². The van der Waals surface area contributed by atoms with Crippen molar-refractivity contribution in [1.82, 2.24) is 0 Å². The Morgan fingerprint density at radius 3 is 2.41 bits per heavy atom. The van der Waals surface area contributed by atoms with Crippen molar-refractivity contribution in [3.8, 4) is 11.1 Å². The van der Waals surface area contributed by atoms with Crippen LogP contribution in [0.3, 0.4) is 0 Å². The predicted octanol–water partition coefficient (Wildman–Crippen LogP) is 3.82. The Hall–Kier alpha value is -1.61. The molecule has 0 amide bonds.